The van der Waals surface area contributed by atoms with E-state index in [0.29, 0.717) is 22.4 Å². The van der Waals surface area contributed by atoms with Crippen molar-refractivity contribution in [2.45, 2.75) is 27.2 Å². The maximum absolute atomic E-state index is 12.2. The number of fused-ring (bicyclic) bond motifs is 1. The van der Waals surface area contributed by atoms with Gasteiger partial charge < -0.3 is 9.52 Å². The smallest absolute Gasteiger partial charge is 0.341 e. The lowest BCUT2D eigenvalue weighted by molar-refractivity contribution is -0.136. The molecule has 3 aromatic rings. The summed E-state index contributed by atoms with van der Waals surface area (Å²) in [5.74, 6) is -1.07. The Hall–Kier alpha value is -2.89. The fourth-order valence-corrected chi connectivity index (χ4v) is 2.81. The number of carboxylic acid groups (broad SMARTS) is 1. The molecule has 0 unspecified atom stereocenters. The summed E-state index contributed by atoms with van der Waals surface area (Å²) in [7, 11) is 0. The molecule has 0 aliphatic rings. The van der Waals surface area contributed by atoms with Gasteiger partial charge in [0.1, 0.15) is 0 Å². The number of aliphatic carboxylic acids is 1. The standard InChI is InChI=1S/C17H16N2O4/c1-9-6-4-5-7-13(9)19-16-15(11(3)18-19)10(2)12(8-14(20)21)17(22)23-16/h4-7H,8H2,1-3H3,(H,20,21). The van der Waals surface area contributed by atoms with Gasteiger partial charge in [-0.05, 0) is 38.0 Å². The molecule has 23 heavy (non-hydrogen) atoms. The highest BCUT2D eigenvalue weighted by Gasteiger charge is 2.20. The number of carboxylic acids is 1. The first kappa shape index (κ1) is 15.0. The Kier molecular flexibility index (Phi) is 3.52. The van der Waals surface area contributed by atoms with E-state index in [1.54, 1.807) is 11.6 Å². The zero-order valence-electron chi connectivity index (χ0n) is 13.1. The molecular formula is C17H16N2O4. The normalized spacial score (nSPS) is 11.1. The van der Waals surface area contributed by atoms with Crippen molar-refractivity contribution in [3.63, 3.8) is 0 Å². The minimum absolute atomic E-state index is 0.164. The summed E-state index contributed by atoms with van der Waals surface area (Å²) in [5, 5.41) is 14.1. The van der Waals surface area contributed by atoms with E-state index in [0.717, 1.165) is 11.3 Å². The lowest BCUT2D eigenvalue weighted by Crippen LogP contribution is -2.15. The second-order valence-electron chi connectivity index (χ2n) is 5.53. The van der Waals surface area contributed by atoms with Crippen molar-refractivity contribution < 1.29 is 14.3 Å². The second-order valence-corrected chi connectivity index (χ2v) is 5.53. The van der Waals surface area contributed by atoms with Crippen LogP contribution in [0.25, 0.3) is 16.8 Å². The number of aromatic nitrogens is 2. The summed E-state index contributed by atoms with van der Waals surface area (Å²) < 4.78 is 7.01. The molecule has 0 amide bonds. The SMILES string of the molecule is Cc1ccccc1-n1nc(C)c2c(C)c(CC(=O)O)c(=O)oc21. The van der Waals surface area contributed by atoms with Crippen LogP contribution in [0, 0.1) is 20.8 Å². The first-order chi connectivity index (χ1) is 10.9. The van der Waals surface area contributed by atoms with Gasteiger partial charge in [0.25, 0.3) is 0 Å². The Morgan fingerprint density at radius 1 is 1.26 bits per heavy atom. The summed E-state index contributed by atoms with van der Waals surface area (Å²) in [4.78, 5) is 23.2. The third kappa shape index (κ3) is 2.42. The maximum atomic E-state index is 12.2. The first-order valence-corrected chi connectivity index (χ1v) is 7.20. The molecule has 0 radical (unpaired) electrons. The zero-order valence-corrected chi connectivity index (χ0v) is 13.1. The highest BCUT2D eigenvalue weighted by Crippen LogP contribution is 2.26. The number of aryl methyl sites for hydroxylation is 3. The van der Waals surface area contributed by atoms with Crippen molar-refractivity contribution in [2.24, 2.45) is 0 Å². The van der Waals surface area contributed by atoms with Crippen molar-refractivity contribution in [3.05, 3.63) is 57.1 Å². The Balaban J connectivity index is 2.35. The summed E-state index contributed by atoms with van der Waals surface area (Å²) >= 11 is 0. The number of hydrogen-bond donors (Lipinski definition) is 1. The molecule has 2 heterocycles. The molecule has 118 valence electrons. The monoisotopic (exact) mass is 312 g/mol. The molecule has 0 bridgehead atoms. The summed E-state index contributed by atoms with van der Waals surface area (Å²) in [6.45, 7) is 5.49. The molecule has 1 aromatic carbocycles. The Morgan fingerprint density at radius 2 is 1.96 bits per heavy atom. The third-order valence-electron chi connectivity index (χ3n) is 3.95. The molecule has 6 heteroatoms. The molecule has 2 aromatic heterocycles. The van der Waals surface area contributed by atoms with Gasteiger partial charge in [-0.2, -0.15) is 9.78 Å². The number of para-hydroxylation sites is 1. The lowest BCUT2D eigenvalue weighted by Gasteiger charge is -2.07. The highest BCUT2D eigenvalue weighted by atomic mass is 16.4. The average Bonchev–Trinajstić information content (AvgIpc) is 2.80. The van der Waals surface area contributed by atoms with Crippen LogP contribution in [0.15, 0.2) is 33.5 Å². The fourth-order valence-electron chi connectivity index (χ4n) is 2.81. The largest absolute Gasteiger partial charge is 0.481 e. The van der Waals surface area contributed by atoms with Gasteiger partial charge in [-0.25, -0.2) is 4.79 Å². The molecule has 0 spiro atoms. The van der Waals surface area contributed by atoms with Gasteiger partial charge in [0.05, 0.1) is 28.8 Å². The lowest BCUT2D eigenvalue weighted by atomic mass is 10.1. The third-order valence-corrected chi connectivity index (χ3v) is 3.95. The van der Waals surface area contributed by atoms with E-state index in [1.807, 2.05) is 38.1 Å². The van der Waals surface area contributed by atoms with Crippen molar-refractivity contribution in [2.75, 3.05) is 0 Å². The molecular weight excluding hydrogens is 296 g/mol. The first-order valence-electron chi connectivity index (χ1n) is 7.20. The molecule has 0 aliphatic heterocycles. The molecule has 0 atom stereocenters. The Labute approximate surface area is 132 Å². The minimum Gasteiger partial charge on any atom is -0.481 e. The van der Waals surface area contributed by atoms with E-state index < -0.39 is 11.6 Å². The van der Waals surface area contributed by atoms with Gasteiger partial charge in [-0.15, -0.1) is 0 Å². The number of hydrogen-bond acceptors (Lipinski definition) is 4. The quantitative estimate of drug-likeness (QED) is 0.803. The van der Waals surface area contributed by atoms with Gasteiger partial charge >= 0.3 is 11.6 Å². The van der Waals surface area contributed by atoms with Crippen LogP contribution in [-0.4, -0.2) is 20.9 Å². The van der Waals surface area contributed by atoms with Crippen LogP contribution in [0.4, 0.5) is 0 Å². The summed E-state index contributed by atoms with van der Waals surface area (Å²) in [6.07, 6.45) is -0.362. The molecule has 1 N–H and O–H groups in total. The predicted molar refractivity (Wildman–Crippen MR) is 85.2 cm³/mol. The van der Waals surface area contributed by atoms with E-state index in [2.05, 4.69) is 5.10 Å². The van der Waals surface area contributed by atoms with E-state index in [-0.39, 0.29) is 12.0 Å². The van der Waals surface area contributed by atoms with Crippen LogP contribution in [0.5, 0.6) is 0 Å². The molecule has 0 aliphatic carbocycles. The summed E-state index contributed by atoms with van der Waals surface area (Å²) in [5.41, 5.74) is 2.98. The number of rotatable bonds is 3. The molecule has 6 nitrogen and oxygen atoms in total. The van der Waals surface area contributed by atoms with Crippen molar-refractivity contribution in [1.29, 1.82) is 0 Å². The van der Waals surface area contributed by atoms with Crippen molar-refractivity contribution in [1.82, 2.24) is 9.78 Å². The maximum Gasteiger partial charge on any atom is 0.341 e. The fraction of sp³-hybridized carbons (Fsp3) is 0.235. The second kappa shape index (κ2) is 5.39. The average molecular weight is 312 g/mol. The summed E-state index contributed by atoms with van der Waals surface area (Å²) in [6, 6.07) is 7.64. The van der Waals surface area contributed by atoms with Crippen LogP contribution >= 0.6 is 0 Å². The number of benzene rings is 1. The van der Waals surface area contributed by atoms with Crippen LogP contribution in [0.1, 0.15) is 22.4 Å². The molecule has 0 saturated carbocycles. The van der Waals surface area contributed by atoms with E-state index in [1.165, 1.54) is 0 Å². The van der Waals surface area contributed by atoms with Gasteiger partial charge in [0.2, 0.25) is 5.71 Å². The van der Waals surface area contributed by atoms with Crippen molar-refractivity contribution in [3.8, 4) is 5.69 Å². The Morgan fingerprint density at radius 3 is 2.61 bits per heavy atom. The van der Waals surface area contributed by atoms with E-state index in [9.17, 15) is 9.59 Å². The van der Waals surface area contributed by atoms with Crippen LogP contribution in [-0.2, 0) is 11.2 Å². The van der Waals surface area contributed by atoms with E-state index >= 15 is 0 Å². The zero-order chi connectivity index (χ0) is 16.7. The van der Waals surface area contributed by atoms with Crippen molar-refractivity contribution >= 4 is 17.1 Å². The predicted octanol–water partition coefficient (Wildman–Crippen LogP) is 2.53. The van der Waals surface area contributed by atoms with Gasteiger partial charge in [0, 0.05) is 0 Å². The van der Waals surface area contributed by atoms with Gasteiger partial charge in [0.15, 0.2) is 0 Å². The number of nitrogens with zero attached hydrogens (tertiary/aromatic N) is 2. The van der Waals surface area contributed by atoms with Crippen LogP contribution in [0.2, 0.25) is 0 Å². The number of carbonyl (C=O) groups is 1. The Bertz CT molecular complexity index is 982. The topological polar surface area (TPSA) is 85.3 Å². The molecule has 0 fully saturated rings. The van der Waals surface area contributed by atoms with Gasteiger partial charge in [-0.3, -0.25) is 4.79 Å². The minimum atomic E-state index is -1.07. The highest BCUT2D eigenvalue weighted by molar-refractivity contribution is 5.84. The van der Waals surface area contributed by atoms with Crippen LogP contribution < -0.4 is 5.63 Å². The molecule has 3 rings (SSSR count). The van der Waals surface area contributed by atoms with Gasteiger partial charge in [-0.1, -0.05) is 18.2 Å². The molecule has 0 saturated heterocycles. The van der Waals surface area contributed by atoms with Crippen LogP contribution in [0.3, 0.4) is 0 Å². The van der Waals surface area contributed by atoms with E-state index in [4.69, 9.17) is 9.52 Å².